The Labute approximate surface area is 137 Å². The number of fused-ring (bicyclic) bond motifs is 1. The van der Waals surface area contributed by atoms with Gasteiger partial charge in [-0.1, -0.05) is 12.1 Å². The third-order valence-corrected chi connectivity index (χ3v) is 3.79. The normalized spacial score (nSPS) is 10.9. The van der Waals surface area contributed by atoms with Crippen molar-refractivity contribution in [2.45, 2.75) is 0 Å². The minimum absolute atomic E-state index is 0.371. The molecule has 0 atom stereocenters. The Bertz CT molecular complexity index is 1010. The molecule has 3 aromatic heterocycles. The van der Waals surface area contributed by atoms with Crippen LogP contribution in [-0.4, -0.2) is 22.1 Å². The van der Waals surface area contributed by atoms with E-state index in [9.17, 15) is 0 Å². The summed E-state index contributed by atoms with van der Waals surface area (Å²) >= 11 is 0. The Morgan fingerprint density at radius 2 is 2.00 bits per heavy atom. The predicted octanol–water partition coefficient (Wildman–Crippen LogP) is 3.54. The molecule has 0 saturated heterocycles. The molecular formula is C18H14N4O2. The number of pyridine rings is 1. The number of ether oxygens (including phenoxy) is 1. The van der Waals surface area contributed by atoms with Gasteiger partial charge in [0.15, 0.2) is 5.65 Å². The van der Waals surface area contributed by atoms with Crippen LogP contribution in [0.1, 0.15) is 0 Å². The fourth-order valence-corrected chi connectivity index (χ4v) is 2.64. The molecule has 0 radical (unpaired) electrons. The maximum atomic E-state index is 6.04. The standard InChI is InChI=1S/C18H14N4O2/c1-23-12-5-2-4-11(8-12)14-9-13(15-6-3-7-24-15)16-17(19)20-10-21-18(16)22-14/h2-10H,1H3,(H2,19,20,21,22). The highest BCUT2D eigenvalue weighted by molar-refractivity contribution is 5.99. The number of anilines is 1. The second kappa shape index (κ2) is 5.66. The van der Waals surface area contributed by atoms with E-state index in [2.05, 4.69) is 15.0 Å². The molecule has 0 spiro atoms. The molecule has 0 fully saturated rings. The number of nitrogens with two attached hydrogens (primary N) is 1. The average Bonchev–Trinajstić information content (AvgIpc) is 3.15. The van der Waals surface area contributed by atoms with Crippen LogP contribution >= 0.6 is 0 Å². The van der Waals surface area contributed by atoms with Gasteiger partial charge in [0, 0.05) is 11.1 Å². The van der Waals surface area contributed by atoms with Crippen LogP contribution in [0.2, 0.25) is 0 Å². The van der Waals surface area contributed by atoms with Gasteiger partial charge < -0.3 is 14.9 Å². The van der Waals surface area contributed by atoms with E-state index in [4.69, 9.17) is 14.9 Å². The Hall–Kier alpha value is -3.41. The predicted molar refractivity (Wildman–Crippen MR) is 91.4 cm³/mol. The molecular weight excluding hydrogens is 304 g/mol. The van der Waals surface area contributed by atoms with E-state index in [1.807, 2.05) is 42.5 Å². The number of methoxy groups -OCH3 is 1. The summed E-state index contributed by atoms with van der Waals surface area (Å²) in [7, 11) is 1.63. The number of aromatic nitrogens is 3. The van der Waals surface area contributed by atoms with E-state index < -0.39 is 0 Å². The summed E-state index contributed by atoms with van der Waals surface area (Å²) in [5.74, 6) is 1.82. The molecule has 2 N–H and O–H groups in total. The van der Waals surface area contributed by atoms with Crippen molar-refractivity contribution in [2.24, 2.45) is 0 Å². The molecule has 24 heavy (non-hydrogen) atoms. The molecule has 6 heteroatoms. The van der Waals surface area contributed by atoms with E-state index in [-0.39, 0.29) is 0 Å². The molecule has 4 aromatic rings. The molecule has 0 aliphatic carbocycles. The number of rotatable bonds is 3. The summed E-state index contributed by atoms with van der Waals surface area (Å²) in [6, 6.07) is 13.3. The summed E-state index contributed by atoms with van der Waals surface area (Å²) in [5, 5.41) is 0.680. The largest absolute Gasteiger partial charge is 0.497 e. The summed E-state index contributed by atoms with van der Waals surface area (Å²) in [5.41, 5.74) is 9.05. The van der Waals surface area contributed by atoms with Crippen LogP contribution in [0.25, 0.3) is 33.6 Å². The molecule has 118 valence electrons. The van der Waals surface area contributed by atoms with Crippen molar-refractivity contribution < 1.29 is 9.15 Å². The van der Waals surface area contributed by atoms with Gasteiger partial charge in [0.2, 0.25) is 0 Å². The smallest absolute Gasteiger partial charge is 0.165 e. The maximum absolute atomic E-state index is 6.04. The number of nitrogens with zero attached hydrogens (tertiary/aromatic N) is 3. The van der Waals surface area contributed by atoms with Crippen molar-refractivity contribution in [3.8, 4) is 28.3 Å². The molecule has 0 bridgehead atoms. The maximum Gasteiger partial charge on any atom is 0.165 e. The lowest BCUT2D eigenvalue weighted by molar-refractivity contribution is 0.415. The average molecular weight is 318 g/mol. The lowest BCUT2D eigenvalue weighted by Crippen LogP contribution is -1.98. The van der Waals surface area contributed by atoms with Gasteiger partial charge in [0.1, 0.15) is 23.7 Å². The third-order valence-electron chi connectivity index (χ3n) is 3.79. The zero-order valence-electron chi connectivity index (χ0n) is 12.9. The Morgan fingerprint density at radius 3 is 2.79 bits per heavy atom. The highest BCUT2D eigenvalue weighted by atomic mass is 16.5. The van der Waals surface area contributed by atoms with Gasteiger partial charge in [-0.15, -0.1) is 0 Å². The van der Waals surface area contributed by atoms with Gasteiger partial charge in [-0.25, -0.2) is 15.0 Å². The minimum Gasteiger partial charge on any atom is -0.497 e. The third kappa shape index (κ3) is 2.34. The molecule has 0 amide bonds. The SMILES string of the molecule is COc1cccc(-c2cc(-c3ccco3)c3c(N)ncnc3n2)c1. The van der Waals surface area contributed by atoms with Crippen LogP contribution < -0.4 is 10.5 Å². The van der Waals surface area contributed by atoms with Gasteiger partial charge in [0.25, 0.3) is 0 Å². The fourth-order valence-electron chi connectivity index (χ4n) is 2.64. The molecule has 1 aromatic carbocycles. The number of benzene rings is 1. The number of nitrogen functional groups attached to an aromatic ring is 1. The Balaban J connectivity index is 2.01. The van der Waals surface area contributed by atoms with E-state index >= 15 is 0 Å². The van der Waals surface area contributed by atoms with Gasteiger partial charge >= 0.3 is 0 Å². The second-order valence-electron chi connectivity index (χ2n) is 5.22. The van der Waals surface area contributed by atoms with Crippen molar-refractivity contribution in [2.75, 3.05) is 12.8 Å². The van der Waals surface area contributed by atoms with Crippen LogP contribution in [0.3, 0.4) is 0 Å². The van der Waals surface area contributed by atoms with Crippen molar-refractivity contribution in [3.05, 3.63) is 55.1 Å². The molecule has 0 aliphatic rings. The molecule has 0 aliphatic heterocycles. The van der Waals surface area contributed by atoms with E-state index in [0.717, 1.165) is 22.6 Å². The number of hydrogen-bond donors (Lipinski definition) is 1. The Kier molecular flexibility index (Phi) is 3.35. The molecule has 0 saturated carbocycles. The summed E-state index contributed by atoms with van der Waals surface area (Å²) in [6.45, 7) is 0. The molecule has 6 nitrogen and oxygen atoms in total. The van der Waals surface area contributed by atoms with Gasteiger partial charge in [-0.2, -0.15) is 0 Å². The quantitative estimate of drug-likeness (QED) is 0.621. The van der Waals surface area contributed by atoms with Gasteiger partial charge in [-0.05, 0) is 30.3 Å². The van der Waals surface area contributed by atoms with Crippen molar-refractivity contribution in [1.82, 2.24) is 15.0 Å². The zero-order valence-corrected chi connectivity index (χ0v) is 12.9. The zero-order chi connectivity index (χ0) is 16.5. The summed E-state index contributed by atoms with van der Waals surface area (Å²) < 4.78 is 10.8. The lowest BCUT2D eigenvalue weighted by atomic mass is 10.0. The fraction of sp³-hybridized carbons (Fsp3) is 0.0556. The van der Waals surface area contributed by atoms with Crippen LogP contribution in [0, 0.1) is 0 Å². The van der Waals surface area contributed by atoms with Gasteiger partial charge in [0.05, 0.1) is 24.5 Å². The van der Waals surface area contributed by atoms with E-state index in [0.29, 0.717) is 22.6 Å². The summed E-state index contributed by atoms with van der Waals surface area (Å²) in [4.78, 5) is 13.0. The van der Waals surface area contributed by atoms with Crippen LogP contribution in [0.5, 0.6) is 5.75 Å². The van der Waals surface area contributed by atoms with Gasteiger partial charge in [-0.3, -0.25) is 0 Å². The Morgan fingerprint density at radius 1 is 1.08 bits per heavy atom. The van der Waals surface area contributed by atoms with Crippen molar-refractivity contribution in [1.29, 1.82) is 0 Å². The molecule has 4 rings (SSSR count). The number of furan rings is 1. The first-order chi connectivity index (χ1) is 11.8. The van der Waals surface area contributed by atoms with Crippen LogP contribution in [0.15, 0.2) is 59.5 Å². The molecule has 3 heterocycles. The lowest BCUT2D eigenvalue weighted by Gasteiger charge is -2.09. The second-order valence-corrected chi connectivity index (χ2v) is 5.22. The highest BCUT2D eigenvalue weighted by Crippen LogP contribution is 2.34. The molecule has 0 unspecified atom stereocenters. The first kappa shape index (κ1) is 14.2. The van der Waals surface area contributed by atoms with Crippen molar-refractivity contribution in [3.63, 3.8) is 0 Å². The first-order valence-corrected chi connectivity index (χ1v) is 7.36. The summed E-state index contributed by atoms with van der Waals surface area (Å²) in [6.07, 6.45) is 3.03. The monoisotopic (exact) mass is 318 g/mol. The van der Waals surface area contributed by atoms with E-state index in [1.54, 1.807) is 13.4 Å². The highest BCUT2D eigenvalue weighted by Gasteiger charge is 2.15. The van der Waals surface area contributed by atoms with Crippen molar-refractivity contribution >= 4 is 16.9 Å². The topological polar surface area (TPSA) is 87.1 Å². The number of hydrogen-bond acceptors (Lipinski definition) is 6. The van der Waals surface area contributed by atoms with Crippen LogP contribution in [0.4, 0.5) is 5.82 Å². The first-order valence-electron chi connectivity index (χ1n) is 7.36. The van der Waals surface area contributed by atoms with Crippen LogP contribution in [-0.2, 0) is 0 Å². The minimum atomic E-state index is 0.371. The van der Waals surface area contributed by atoms with E-state index in [1.165, 1.54) is 6.33 Å².